The Morgan fingerprint density at radius 2 is 1.43 bits per heavy atom. The van der Waals surface area contributed by atoms with Crippen LogP contribution in [0.1, 0.15) is 0 Å². The van der Waals surface area contributed by atoms with E-state index in [0.717, 1.165) is 44.0 Å². The maximum atomic E-state index is 12.6. The fourth-order valence-corrected chi connectivity index (χ4v) is 4.87. The quantitative estimate of drug-likeness (QED) is 0.194. The summed E-state index contributed by atoms with van der Waals surface area (Å²) in [6.45, 7) is 0. The van der Waals surface area contributed by atoms with Crippen molar-refractivity contribution in [3.63, 3.8) is 0 Å². The number of imidazole rings is 1. The Morgan fingerprint density at radius 3 is 2.20 bits per heavy atom. The molecule has 5 heterocycles. The Kier molecular flexibility index (Phi) is 5.58. The van der Waals surface area contributed by atoms with E-state index in [4.69, 9.17) is 15.0 Å². The predicted octanol–water partition coefficient (Wildman–Crippen LogP) is 3.59. The van der Waals surface area contributed by atoms with Crippen LogP contribution in [0.25, 0.3) is 60.9 Å². The van der Waals surface area contributed by atoms with Gasteiger partial charge in [0.25, 0.3) is 0 Å². The normalized spacial score (nSPS) is 11.3. The number of nitrogens with zero attached hydrogens (tertiary/aromatic N) is 3. The summed E-state index contributed by atoms with van der Waals surface area (Å²) in [4.78, 5) is 33.9. The van der Waals surface area contributed by atoms with Crippen LogP contribution in [0.4, 0.5) is 0 Å². The first-order valence-electron chi connectivity index (χ1n) is 12.6. The van der Waals surface area contributed by atoms with E-state index in [-0.39, 0.29) is 5.69 Å². The Bertz CT molecular complexity index is 2200. The highest BCUT2D eigenvalue weighted by atomic mass is 16.4. The van der Waals surface area contributed by atoms with Gasteiger partial charge in [-0.2, -0.15) is 0 Å². The van der Waals surface area contributed by atoms with Crippen molar-refractivity contribution in [3.8, 4) is 16.9 Å². The van der Waals surface area contributed by atoms with Gasteiger partial charge < -0.3 is 25.0 Å². The van der Waals surface area contributed by atoms with Crippen molar-refractivity contribution in [1.29, 1.82) is 0 Å². The molecular weight excluding hydrogens is 505 g/mol. The molecule has 11 heteroatoms. The zero-order chi connectivity index (χ0) is 27.2. The summed E-state index contributed by atoms with van der Waals surface area (Å²) in [5.74, 6) is 0. The lowest BCUT2D eigenvalue weighted by Gasteiger charge is -2.05. The molecule has 0 aliphatic carbocycles. The van der Waals surface area contributed by atoms with Crippen molar-refractivity contribution >= 4 is 56.6 Å². The first kappa shape index (κ1) is 23.7. The molecule has 0 saturated carbocycles. The van der Waals surface area contributed by atoms with E-state index in [9.17, 15) is 4.79 Å². The maximum absolute atomic E-state index is 12.6. The van der Waals surface area contributed by atoms with E-state index in [0.29, 0.717) is 22.5 Å². The summed E-state index contributed by atoms with van der Waals surface area (Å²) in [6.07, 6.45) is 7.28. The maximum Gasteiger partial charge on any atom is 0.488 e. The van der Waals surface area contributed by atoms with E-state index in [1.54, 1.807) is 22.9 Å². The van der Waals surface area contributed by atoms with E-state index >= 15 is 0 Å². The van der Waals surface area contributed by atoms with Gasteiger partial charge in [-0.25, -0.2) is 19.3 Å². The highest BCUT2D eigenvalue weighted by molar-refractivity contribution is 6.58. The number of hydrogen-bond donors (Lipinski definition) is 6. The number of nitrogens with one attached hydrogen (secondary N) is 4. The number of hydrogen-bond acceptors (Lipinski definition) is 5. The summed E-state index contributed by atoms with van der Waals surface area (Å²) >= 11 is 0. The Balaban J connectivity index is 0.000000185. The predicted molar refractivity (Wildman–Crippen MR) is 157 cm³/mol. The van der Waals surface area contributed by atoms with Gasteiger partial charge in [-0.15, -0.1) is 0 Å². The number of aromatic amines is 4. The first-order chi connectivity index (χ1) is 19.5. The van der Waals surface area contributed by atoms with Gasteiger partial charge in [-0.05, 0) is 64.8 Å². The highest BCUT2D eigenvalue weighted by Gasteiger charge is 2.14. The van der Waals surface area contributed by atoms with Crippen LogP contribution in [-0.2, 0) is 0 Å². The zero-order valence-corrected chi connectivity index (χ0v) is 21.0. The topological polar surface area (TPSA) is 151 Å². The number of H-pyrrole nitrogens is 4. The second kappa shape index (κ2) is 9.42. The third kappa shape index (κ3) is 4.15. The summed E-state index contributed by atoms with van der Waals surface area (Å²) in [6, 6.07) is 23.1. The van der Waals surface area contributed by atoms with Crippen molar-refractivity contribution in [3.05, 3.63) is 108 Å². The first-order valence-corrected chi connectivity index (χ1v) is 12.6. The molecule has 0 saturated heterocycles. The lowest BCUT2D eigenvalue weighted by atomic mass is 9.80. The summed E-state index contributed by atoms with van der Waals surface area (Å²) in [5.41, 5.74) is 6.56. The minimum Gasteiger partial charge on any atom is -0.423 e. The second-order valence-corrected chi connectivity index (χ2v) is 9.42. The molecule has 0 aliphatic heterocycles. The van der Waals surface area contributed by atoms with Gasteiger partial charge in [-0.3, -0.25) is 4.98 Å². The fourth-order valence-electron chi connectivity index (χ4n) is 4.87. The second-order valence-electron chi connectivity index (χ2n) is 9.42. The van der Waals surface area contributed by atoms with Crippen LogP contribution >= 0.6 is 0 Å². The van der Waals surface area contributed by atoms with Gasteiger partial charge in [0, 0.05) is 46.1 Å². The van der Waals surface area contributed by atoms with E-state index < -0.39 is 7.12 Å². The fraction of sp³-hybridized carbons (Fsp3) is 0. The van der Waals surface area contributed by atoms with Gasteiger partial charge in [0.2, 0.25) is 0 Å². The molecule has 0 unspecified atom stereocenters. The molecule has 0 fully saturated rings. The molecule has 0 radical (unpaired) electrons. The molecule has 8 aromatic rings. The number of aromatic nitrogens is 7. The molecular formula is C29H22BN7O3. The average molecular weight is 527 g/mol. The van der Waals surface area contributed by atoms with Gasteiger partial charge in [0.15, 0.2) is 11.3 Å². The standard InChI is InChI=1S/C21H14N6O.C8H8BNO2/c28-21-26-19-20(27(21)15-3-4-16-14(9-15)6-8-22-16)25-18(11-24-19)13-2-1-12-5-7-23-17(12)10-13;11-9(12)7-2-1-6-3-4-10-8(6)5-7/h1-11,22-23H,(H,24,26,28);1-5,10-12H. The van der Waals surface area contributed by atoms with Crippen molar-refractivity contribution in [2.24, 2.45) is 0 Å². The van der Waals surface area contributed by atoms with Gasteiger partial charge in [-0.1, -0.05) is 24.3 Å². The van der Waals surface area contributed by atoms with Crippen LogP contribution in [0, 0.1) is 0 Å². The van der Waals surface area contributed by atoms with E-state index in [2.05, 4.69) is 24.9 Å². The molecule has 5 aromatic heterocycles. The average Bonchev–Trinajstić information content (AvgIpc) is 3.77. The SMILES string of the molecule is O=c1[nH]c2ncc(-c3ccc4cc[nH]c4c3)nc2n1-c1ccc2[nH]ccc2c1.OB(O)c1ccc2cc[nH]c2c1. The Labute approximate surface area is 226 Å². The molecule has 0 amide bonds. The Morgan fingerprint density at radius 1 is 0.725 bits per heavy atom. The lowest BCUT2D eigenvalue weighted by molar-refractivity contribution is 0.426. The van der Waals surface area contributed by atoms with Gasteiger partial charge in [0.05, 0.1) is 17.6 Å². The molecule has 3 aromatic carbocycles. The lowest BCUT2D eigenvalue weighted by Crippen LogP contribution is -2.29. The largest absolute Gasteiger partial charge is 0.488 e. The highest BCUT2D eigenvalue weighted by Crippen LogP contribution is 2.24. The Hall–Kier alpha value is -5.39. The number of fused-ring (bicyclic) bond motifs is 4. The molecule has 6 N–H and O–H groups in total. The molecule has 8 rings (SSSR count). The van der Waals surface area contributed by atoms with Crippen LogP contribution in [0.2, 0.25) is 0 Å². The molecule has 40 heavy (non-hydrogen) atoms. The third-order valence-corrected chi connectivity index (χ3v) is 6.92. The molecule has 0 spiro atoms. The minimum absolute atomic E-state index is 0.262. The minimum atomic E-state index is -1.39. The summed E-state index contributed by atoms with van der Waals surface area (Å²) in [5, 5.41) is 21.0. The van der Waals surface area contributed by atoms with E-state index in [1.807, 2.05) is 79.3 Å². The van der Waals surface area contributed by atoms with Gasteiger partial charge in [0.1, 0.15) is 0 Å². The van der Waals surface area contributed by atoms with Crippen molar-refractivity contribution in [2.75, 3.05) is 0 Å². The van der Waals surface area contributed by atoms with Gasteiger partial charge >= 0.3 is 12.8 Å². The van der Waals surface area contributed by atoms with Crippen LogP contribution < -0.4 is 11.2 Å². The monoisotopic (exact) mass is 527 g/mol. The zero-order valence-electron chi connectivity index (χ0n) is 21.0. The summed E-state index contributed by atoms with van der Waals surface area (Å²) in [7, 11) is -1.39. The number of rotatable bonds is 3. The van der Waals surface area contributed by atoms with E-state index in [1.165, 1.54) is 0 Å². The van der Waals surface area contributed by atoms with Crippen LogP contribution in [0.3, 0.4) is 0 Å². The van der Waals surface area contributed by atoms with Crippen molar-refractivity contribution in [1.82, 2.24) is 34.5 Å². The molecule has 0 bridgehead atoms. The third-order valence-electron chi connectivity index (χ3n) is 6.92. The molecule has 0 atom stereocenters. The van der Waals surface area contributed by atoms with Crippen molar-refractivity contribution < 1.29 is 10.0 Å². The molecule has 10 nitrogen and oxygen atoms in total. The van der Waals surface area contributed by atoms with Crippen LogP contribution in [-0.4, -0.2) is 51.6 Å². The molecule has 0 aliphatic rings. The van der Waals surface area contributed by atoms with Crippen LogP contribution in [0.15, 0.2) is 102 Å². The molecule has 194 valence electrons. The van der Waals surface area contributed by atoms with Crippen molar-refractivity contribution in [2.45, 2.75) is 0 Å². The smallest absolute Gasteiger partial charge is 0.423 e. The van der Waals surface area contributed by atoms with Crippen LogP contribution in [0.5, 0.6) is 0 Å². The number of benzene rings is 3. The summed E-state index contributed by atoms with van der Waals surface area (Å²) < 4.78 is 1.56.